The van der Waals surface area contributed by atoms with Gasteiger partial charge in [-0.3, -0.25) is 0 Å². The molecule has 4 nitrogen and oxygen atoms in total. The average molecular weight is 671 g/mol. The zero-order valence-electron chi connectivity index (χ0n) is 24.6. The van der Waals surface area contributed by atoms with Gasteiger partial charge in [-0.25, -0.2) is 40.1 Å². The average Bonchev–Trinajstić information content (AvgIpc) is 3.78. The van der Waals surface area contributed by atoms with Gasteiger partial charge in [0, 0.05) is 16.7 Å². The van der Waals surface area contributed by atoms with Crippen molar-refractivity contribution in [3.8, 4) is 33.4 Å². The van der Waals surface area contributed by atoms with E-state index in [1.807, 2.05) is 0 Å². The van der Waals surface area contributed by atoms with Gasteiger partial charge in [0.2, 0.25) is 0 Å². The number of hydrogen-bond acceptors (Lipinski definition) is 1. The van der Waals surface area contributed by atoms with Crippen molar-refractivity contribution >= 4 is 44.8 Å². The van der Waals surface area contributed by atoms with Crippen LogP contribution in [0.3, 0.4) is 0 Å². The standard InChI is InChI=1S/C37H18F8N4/c38-22-24(40)32-20(17-12-6-2-7-13-17)34-26(42)28(44)36(48-34)37-29(45)27(43)35(49-37)21(18-14-8-3-9-15-18)33-25(41)23(39)31(47-33)19(30(22)46-32)16-10-4-1-5-11-16/h1-15,46-48H. The lowest BCUT2D eigenvalue weighted by Gasteiger charge is -2.05. The minimum atomic E-state index is -1.73. The molecule has 0 spiro atoms. The van der Waals surface area contributed by atoms with E-state index < -0.39 is 108 Å². The van der Waals surface area contributed by atoms with E-state index in [1.165, 1.54) is 72.8 Å². The maximum Gasteiger partial charge on any atom is 0.188 e. The van der Waals surface area contributed by atoms with E-state index in [1.54, 1.807) is 18.2 Å². The Bertz CT molecular complexity index is 2620. The quantitative estimate of drug-likeness (QED) is 0.161. The topological polar surface area (TPSA) is 60.3 Å². The first-order valence-electron chi connectivity index (χ1n) is 14.7. The van der Waals surface area contributed by atoms with E-state index in [4.69, 9.17) is 0 Å². The lowest BCUT2D eigenvalue weighted by atomic mass is 10.0. The summed E-state index contributed by atoms with van der Waals surface area (Å²) in [6.07, 6.45) is 0. The number of aromatic nitrogens is 4. The second-order valence-electron chi connectivity index (χ2n) is 11.2. The second-order valence-corrected chi connectivity index (χ2v) is 11.2. The van der Waals surface area contributed by atoms with Gasteiger partial charge in [-0.15, -0.1) is 0 Å². The number of aromatic amines is 3. The Balaban J connectivity index is 1.73. The largest absolute Gasteiger partial charge is 0.349 e. The van der Waals surface area contributed by atoms with Gasteiger partial charge >= 0.3 is 0 Å². The van der Waals surface area contributed by atoms with Crippen LogP contribution in [0.4, 0.5) is 35.1 Å². The van der Waals surface area contributed by atoms with Crippen LogP contribution in [0.1, 0.15) is 11.4 Å². The van der Waals surface area contributed by atoms with Crippen molar-refractivity contribution in [1.82, 2.24) is 19.9 Å². The van der Waals surface area contributed by atoms with Gasteiger partial charge in [0.1, 0.15) is 16.9 Å². The van der Waals surface area contributed by atoms with E-state index >= 15 is 35.1 Å². The summed E-state index contributed by atoms with van der Waals surface area (Å²) >= 11 is 0. The van der Waals surface area contributed by atoms with Crippen LogP contribution in [0, 0.1) is 34.9 Å². The molecule has 0 saturated carbocycles. The minimum absolute atomic E-state index is 0.0284. The molecule has 8 bridgehead atoms. The number of nitrogens with zero attached hydrogens (tertiary/aromatic N) is 1. The molecule has 5 heterocycles. The molecule has 0 radical (unpaired) electrons. The summed E-state index contributed by atoms with van der Waals surface area (Å²) in [7, 11) is 0. The molecule has 0 amide bonds. The number of hydrogen-bond donors (Lipinski definition) is 3. The van der Waals surface area contributed by atoms with Crippen molar-refractivity contribution in [2.45, 2.75) is 0 Å². The van der Waals surface area contributed by atoms with Crippen molar-refractivity contribution < 1.29 is 35.1 Å². The van der Waals surface area contributed by atoms with Gasteiger partial charge in [0.15, 0.2) is 46.6 Å². The fraction of sp³-hybridized carbons (Fsp3) is 0. The Hall–Kier alpha value is -6.17. The van der Waals surface area contributed by atoms with Crippen LogP contribution in [0.15, 0.2) is 91.0 Å². The van der Waals surface area contributed by atoms with Crippen LogP contribution in [0.2, 0.25) is 0 Å². The van der Waals surface area contributed by atoms with Crippen LogP contribution >= 0.6 is 0 Å². The Kier molecular flexibility index (Phi) is 6.91. The SMILES string of the molecule is FC1=C(F)c2nc1c(-c1ccccc1)c1[nH]c(c(F)c1F)c(-c1ccccc1)c1[nH]c(c(F)c1F)c(-c1ccccc1)c1[nH]c2c(F)c1F. The monoisotopic (exact) mass is 670 g/mol. The van der Waals surface area contributed by atoms with E-state index in [0.29, 0.717) is 0 Å². The van der Waals surface area contributed by atoms with Gasteiger partial charge in [0.05, 0.1) is 27.6 Å². The zero-order valence-corrected chi connectivity index (χ0v) is 24.6. The maximum absolute atomic E-state index is 16.2. The Labute approximate surface area is 270 Å². The van der Waals surface area contributed by atoms with E-state index in [2.05, 4.69) is 19.9 Å². The molecular weight excluding hydrogens is 652 g/mol. The predicted octanol–water partition coefficient (Wildman–Crippen LogP) is 11.1. The first-order valence-corrected chi connectivity index (χ1v) is 14.7. The highest BCUT2D eigenvalue weighted by molar-refractivity contribution is 6.03. The lowest BCUT2D eigenvalue weighted by Crippen LogP contribution is -1.89. The minimum Gasteiger partial charge on any atom is -0.349 e. The van der Waals surface area contributed by atoms with Gasteiger partial charge in [0.25, 0.3) is 0 Å². The second kappa shape index (κ2) is 11.2. The number of fused-ring (bicyclic) bond motifs is 9. The molecule has 7 aromatic rings. The normalized spacial score (nSPS) is 12.4. The maximum atomic E-state index is 16.2. The first-order chi connectivity index (χ1) is 23.7. The van der Waals surface area contributed by atoms with Gasteiger partial charge < -0.3 is 15.0 Å². The number of halogens is 8. The molecule has 242 valence electrons. The fourth-order valence-electron chi connectivity index (χ4n) is 6.18. The molecule has 8 rings (SSSR count). The van der Waals surface area contributed by atoms with Gasteiger partial charge in [-0.1, -0.05) is 91.0 Å². The van der Waals surface area contributed by atoms with Crippen molar-refractivity contribution in [3.05, 3.63) is 137 Å². The summed E-state index contributed by atoms with van der Waals surface area (Å²) in [4.78, 5) is 11.5. The zero-order chi connectivity index (χ0) is 34.1. The molecule has 0 fully saturated rings. The Morgan fingerprint density at radius 1 is 0.327 bits per heavy atom. The van der Waals surface area contributed by atoms with E-state index in [-0.39, 0.29) is 16.7 Å². The highest BCUT2D eigenvalue weighted by atomic mass is 19.2. The highest BCUT2D eigenvalue weighted by Gasteiger charge is 2.32. The molecule has 1 aliphatic heterocycles. The van der Waals surface area contributed by atoms with Gasteiger partial charge in [-0.05, 0) is 16.7 Å². The number of nitrogens with one attached hydrogen (secondary N) is 3. The smallest absolute Gasteiger partial charge is 0.188 e. The number of benzene rings is 3. The molecule has 3 N–H and O–H groups in total. The molecule has 1 aliphatic rings. The molecular formula is C37H18F8N4. The van der Waals surface area contributed by atoms with E-state index in [0.717, 1.165) is 0 Å². The van der Waals surface area contributed by atoms with Crippen LogP contribution < -0.4 is 0 Å². The van der Waals surface area contributed by atoms with Crippen LogP contribution in [0.5, 0.6) is 0 Å². The van der Waals surface area contributed by atoms with Crippen molar-refractivity contribution in [2.75, 3.05) is 0 Å². The van der Waals surface area contributed by atoms with Crippen molar-refractivity contribution in [3.63, 3.8) is 0 Å². The van der Waals surface area contributed by atoms with Crippen LogP contribution in [0.25, 0.3) is 78.1 Å². The third-order valence-corrected chi connectivity index (χ3v) is 8.39. The highest BCUT2D eigenvalue weighted by Crippen LogP contribution is 2.44. The molecule has 12 heteroatoms. The summed E-state index contributed by atoms with van der Waals surface area (Å²) in [5.74, 6) is -13.0. The molecule has 0 aliphatic carbocycles. The fourth-order valence-corrected chi connectivity index (χ4v) is 6.18. The molecule has 4 aromatic heterocycles. The summed E-state index contributed by atoms with van der Waals surface area (Å²) in [6, 6.07) is 22.2. The molecule has 0 unspecified atom stereocenters. The molecule has 0 atom stereocenters. The summed E-state index contributed by atoms with van der Waals surface area (Å²) in [6.45, 7) is 0. The van der Waals surface area contributed by atoms with Crippen molar-refractivity contribution in [1.29, 1.82) is 0 Å². The van der Waals surface area contributed by atoms with Crippen LogP contribution in [-0.4, -0.2) is 19.9 Å². The van der Waals surface area contributed by atoms with Crippen molar-refractivity contribution in [2.24, 2.45) is 0 Å². The number of rotatable bonds is 3. The third kappa shape index (κ3) is 4.47. The summed E-state index contributed by atoms with van der Waals surface area (Å²) in [5.41, 5.74) is -7.58. The Morgan fingerprint density at radius 3 is 1.00 bits per heavy atom. The third-order valence-electron chi connectivity index (χ3n) is 8.39. The first kappa shape index (κ1) is 30.2. The predicted molar refractivity (Wildman–Crippen MR) is 171 cm³/mol. The van der Waals surface area contributed by atoms with Gasteiger partial charge in [-0.2, -0.15) is 0 Å². The van der Waals surface area contributed by atoms with E-state index in [9.17, 15) is 0 Å². The molecule has 49 heavy (non-hydrogen) atoms. The lowest BCUT2D eigenvalue weighted by molar-refractivity contribution is 0.527. The molecule has 0 saturated heterocycles. The summed E-state index contributed by atoms with van der Waals surface area (Å²) in [5, 5.41) is 0. The molecule has 3 aromatic carbocycles. The van der Waals surface area contributed by atoms with Crippen LogP contribution in [-0.2, 0) is 0 Å². The Morgan fingerprint density at radius 2 is 0.612 bits per heavy atom. The number of H-pyrrole nitrogens is 3. The summed E-state index contributed by atoms with van der Waals surface area (Å²) < 4.78 is 128.